The van der Waals surface area contributed by atoms with Crippen molar-refractivity contribution in [3.63, 3.8) is 0 Å². The molecule has 1 unspecified atom stereocenters. The Morgan fingerprint density at radius 1 is 1.30 bits per heavy atom. The average Bonchev–Trinajstić information content (AvgIpc) is 3.09. The number of hydrogen-bond acceptors (Lipinski definition) is 4. The minimum absolute atomic E-state index is 0.0409. The Morgan fingerprint density at radius 2 is 2.07 bits per heavy atom. The molecule has 1 aromatic heterocycles. The Labute approximate surface area is 163 Å². The molecule has 27 heavy (non-hydrogen) atoms. The Kier molecular flexibility index (Phi) is 5.46. The topological polar surface area (TPSA) is 67.0 Å². The summed E-state index contributed by atoms with van der Waals surface area (Å²) in [5, 5.41) is 3.06. The number of carbonyl (C=O) groups excluding carboxylic acids is 1. The van der Waals surface area contributed by atoms with E-state index in [0.717, 1.165) is 45.1 Å². The van der Waals surface area contributed by atoms with Crippen LogP contribution in [-0.4, -0.2) is 29.2 Å². The maximum atomic E-state index is 11.6. The molecule has 3 rings (SSSR count). The zero-order valence-electron chi connectivity index (χ0n) is 16.3. The van der Waals surface area contributed by atoms with Gasteiger partial charge in [0, 0.05) is 11.8 Å². The molecule has 5 nitrogen and oxygen atoms in total. The first-order valence-electron chi connectivity index (χ1n) is 8.91. The standard InChI is InChI=1S/C21H25N3O2S/c1-6-21(3,24-13(2)25)14-7-10-17-18(11-14)23-20(22-17)16-9-8-15(27-5)12-19(16)26-4/h7-12H,6H2,1-5H3,(H,22,23)(H,24,25). The Hall–Kier alpha value is -2.47. The van der Waals surface area contributed by atoms with Crippen molar-refractivity contribution in [2.75, 3.05) is 13.4 Å². The van der Waals surface area contributed by atoms with E-state index in [-0.39, 0.29) is 5.91 Å². The smallest absolute Gasteiger partial charge is 0.217 e. The van der Waals surface area contributed by atoms with Crippen molar-refractivity contribution in [3.05, 3.63) is 42.0 Å². The number of hydrogen-bond donors (Lipinski definition) is 2. The molecule has 2 aromatic carbocycles. The van der Waals surface area contributed by atoms with Gasteiger partial charge in [-0.05, 0) is 55.5 Å². The maximum Gasteiger partial charge on any atom is 0.217 e. The average molecular weight is 384 g/mol. The first kappa shape index (κ1) is 19.3. The lowest BCUT2D eigenvalue weighted by molar-refractivity contribution is -0.120. The van der Waals surface area contributed by atoms with Crippen molar-refractivity contribution < 1.29 is 9.53 Å². The lowest BCUT2D eigenvalue weighted by Gasteiger charge is -2.29. The van der Waals surface area contributed by atoms with E-state index in [9.17, 15) is 4.79 Å². The number of benzene rings is 2. The van der Waals surface area contributed by atoms with E-state index in [2.05, 4.69) is 23.3 Å². The highest BCUT2D eigenvalue weighted by Gasteiger charge is 2.26. The number of ether oxygens (including phenoxy) is 1. The molecule has 0 aliphatic rings. The van der Waals surface area contributed by atoms with Crippen LogP contribution in [0.25, 0.3) is 22.4 Å². The zero-order chi connectivity index (χ0) is 19.6. The molecular weight excluding hydrogens is 358 g/mol. The number of amides is 1. The Morgan fingerprint density at radius 3 is 2.70 bits per heavy atom. The molecule has 142 valence electrons. The SMILES string of the molecule is CCC(C)(NC(C)=O)c1ccc2[nH]c(-c3ccc(SC)cc3OC)nc2c1. The van der Waals surface area contributed by atoms with E-state index in [1.807, 2.05) is 43.5 Å². The first-order chi connectivity index (χ1) is 12.9. The van der Waals surface area contributed by atoms with Crippen molar-refractivity contribution in [1.82, 2.24) is 15.3 Å². The highest BCUT2D eigenvalue weighted by Crippen LogP contribution is 2.34. The third-order valence-electron chi connectivity index (χ3n) is 4.94. The second-order valence-corrected chi connectivity index (χ2v) is 7.63. The van der Waals surface area contributed by atoms with E-state index in [1.165, 1.54) is 0 Å². The molecule has 6 heteroatoms. The molecule has 0 fully saturated rings. The summed E-state index contributed by atoms with van der Waals surface area (Å²) >= 11 is 1.67. The van der Waals surface area contributed by atoms with Gasteiger partial charge >= 0.3 is 0 Å². The molecule has 1 heterocycles. The third-order valence-corrected chi connectivity index (χ3v) is 5.67. The number of fused-ring (bicyclic) bond motifs is 1. The summed E-state index contributed by atoms with van der Waals surface area (Å²) in [6.45, 7) is 5.64. The Bertz CT molecular complexity index is 983. The lowest BCUT2D eigenvalue weighted by atomic mass is 9.89. The molecule has 0 aliphatic heterocycles. The van der Waals surface area contributed by atoms with Crippen molar-refractivity contribution in [2.45, 2.75) is 37.6 Å². The highest BCUT2D eigenvalue weighted by molar-refractivity contribution is 7.98. The normalized spacial score (nSPS) is 13.4. The molecule has 0 saturated carbocycles. The van der Waals surface area contributed by atoms with Crippen molar-refractivity contribution in [3.8, 4) is 17.1 Å². The van der Waals surface area contributed by atoms with Gasteiger partial charge in [0.15, 0.2) is 0 Å². The monoisotopic (exact) mass is 383 g/mol. The van der Waals surface area contributed by atoms with Gasteiger partial charge < -0.3 is 15.0 Å². The quantitative estimate of drug-likeness (QED) is 0.604. The van der Waals surface area contributed by atoms with Gasteiger partial charge in [0.25, 0.3) is 0 Å². The number of rotatable bonds is 6. The number of nitrogens with zero attached hydrogens (tertiary/aromatic N) is 1. The van der Waals surface area contributed by atoms with Crippen LogP contribution in [0.2, 0.25) is 0 Å². The van der Waals surface area contributed by atoms with Crippen molar-refractivity contribution in [1.29, 1.82) is 0 Å². The van der Waals surface area contributed by atoms with Gasteiger partial charge in [-0.2, -0.15) is 0 Å². The van der Waals surface area contributed by atoms with Crippen LogP contribution in [0.15, 0.2) is 41.3 Å². The Balaban J connectivity index is 2.05. The van der Waals surface area contributed by atoms with Gasteiger partial charge in [0.1, 0.15) is 11.6 Å². The lowest BCUT2D eigenvalue weighted by Crippen LogP contribution is -2.41. The number of nitrogens with one attached hydrogen (secondary N) is 2. The molecule has 2 N–H and O–H groups in total. The minimum Gasteiger partial charge on any atom is -0.496 e. The van der Waals surface area contributed by atoms with E-state index < -0.39 is 5.54 Å². The van der Waals surface area contributed by atoms with E-state index in [1.54, 1.807) is 25.8 Å². The van der Waals surface area contributed by atoms with Crippen molar-refractivity contribution >= 4 is 28.7 Å². The maximum absolute atomic E-state index is 11.6. The van der Waals surface area contributed by atoms with Gasteiger partial charge in [-0.1, -0.05) is 13.0 Å². The van der Waals surface area contributed by atoms with Crippen LogP contribution >= 0.6 is 11.8 Å². The summed E-state index contributed by atoms with van der Waals surface area (Å²) < 4.78 is 5.56. The van der Waals surface area contributed by atoms with E-state index in [0.29, 0.717) is 0 Å². The number of carbonyl (C=O) groups is 1. The largest absolute Gasteiger partial charge is 0.496 e. The molecule has 0 bridgehead atoms. The zero-order valence-corrected chi connectivity index (χ0v) is 17.2. The van der Waals surface area contributed by atoms with Gasteiger partial charge in [-0.25, -0.2) is 4.98 Å². The van der Waals surface area contributed by atoms with E-state index in [4.69, 9.17) is 9.72 Å². The highest BCUT2D eigenvalue weighted by atomic mass is 32.2. The van der Waals surface area contributed by atoms with Gasteiger partial charge in [0.2, 0.25) is 5.91 Å². The van der Waals surface area contributed by atoms with E-state index >= 15 is 0 Å². The summed E-state index contributed by atoms with van der Waals surface area (Å²) in [7, 11) is 1.67. The summed E-state index contributed by atoms with van der Waals surface area (Å²) in [6, 6.07) is 12.2. The molecule has 0 radical (unpaired) electrons. The van der Waals surface area contributed by atoms with Gasteiger partial charge in [0.05, 0.1) is 29.2 Å². The first-order valence-corrected chi connectivity index (χ1v) is 10.1. The predicted molar refractivity (Wildman–Crippen MR) is 111 cm³/mol. The van der Waals surface area contributed by atoms with Crippen LogP contribution in [0.4, 0.5) is 0 Å². The minimum atomic E-state index is -0.420. The fourth-order valence-corrected chi connectivity index (χ4v) is 3.65. The summed E-state index contributed by atoms with van der Waals surface area (Å²) in [5.41, 5.74) is 3.36. The van der Waals surface area contributed by atoms with Crippen LogP contribution < -0.4 is 10.1 Å². The van der Waals surface area contributed by atoms with Crippen LogP contribution in [-0.2, 0) is 10.3 Å². The number of imidazole rings is 1. The van der Waals surface area contributed by atoms with Crippen LogP contribution in [0, 0.1) is 0 Å². The van der Waals surface area contributed by atoms with Crippen LogP contribution in [0.3, 0.4) is 0 Å². The molecule has 3 aromatic rings. The number of aromatic amines is 1. The summed E-state index contributed by atoms with van der Waals surface area (Å²) in [6.07, 6.45) is 2.83. The summed E-state index contributed by atoms with van der Waals surface area (Å²) in [5.74, 6) is 1.52. The van der Waals surface area contributed by atoms with Crippen molar-refractivity contribution in [2.24, 2.45) is 0 Å². The molecular formula is C21H25N3O2S. The fraction of sp³-hybridized carbons (Fsp3) is 0.333. The molecule has 0 saturated heterocycles. The summed E-state index contributed by atoms with van der Waals surface area (Å²) in [4.78, 5) is 20.9. The van der Waals surface area contributed by atoms with Crippen LogP contribution in [0.1, 0.15) is 32.8 Å². The third kappa shape index (κ3) is 3.81. The second kappa shape index (κ2) is 7.64. The number of methoxy groups -OCH3 is 1. The van der Waals surface area contributed by atoms with Gasteiger partial charge in [-0.15, -0.1) is 11.8 Å². The number of thioether (sulfide) groups is 1. The molecule has 0 aliphatic carbocycles. The number of H-pyrrole nitrogens is 1. The van der Waals surface area contributed by atoms with Gasteiger partial charge in [-0.3, -0.25) is 4.79 Å². The fourth-order valence-electron chi connectivity index (χ4n) is 3.22. The predicted octanol–water partition coefficient (Wildman–Crippen LogP) is 4.72. The van der Waals surface area contributed by atoms with Crippen LogP contribution in [0.5, 0.6) is 5.75 Å². The number of aromatic nitrogens is 2. The molecule has 0 spiro atoms. The molecule has 1 amide bonds. The second-order valence-electron chi connectivity index (χ2n) is 6.75. The molecule has 1 atom stereocenters.